The van der Waals surface area contributed by atoms with E-state index in [0.717, 1.165) is 0 Å². The topological polar surface area (TPSA) is 117 Å². The molecule has 0 aliphatic carbocycles. The van der Waals surface area contributed by atoms with Crippen molar-refractivity contribution < 1.29 is 28.7 Å². The number of nitro benzene ring substituents is 1. The van der Waals surface area contributed by atoms with E-state index in [1.807, 2.05) is 0 Å². The number of amides is 1. The Morgan fingerprint density at radius 3 is 2.38 bits per heavy atom. The number of nitrogens with zero attached hydrogens (tertiary/aromatic N) is 1. The van der Waals surface area contributed by atoms with E-state index in [0.29, 0.717) is 11.4 Å². The van der Waals surface area contributed by atoms with E-state index in [1.54, 1.807) is 24.3 Å². The number of esters is 1. The third-order valence-corrected chi connectivity index (χ3v) is 3.15. The highest BCUT2D eigenvalue weighted by Crippen LogP contribution is 2.25. The smallest absolute Gasteiger partial charge is 0.344 e. The molecule has 0 saturated carbocycles. The first-order valence-electron chi connectivity index (χ1n) is 7.46. The van der Waals surface area contributed by atoms with Gasteiger partial charge in [-0.05, 0) is 18.2 Å². The molecule has 2 aromatic rings. The van der Waals surface area contributed by atoms with Crippen LogP contribution in [0.25, 0.3) is 0 Å². The molecule has 0 unspecified atom stereocenters. The highest BCUT2D eigenvalue weighted by atomic mass is 16.6. The number of nitro groups is 1. The van der Waals surface area contributed by atoms with Crippen LogP contribution in [0, 0.1) is 10.1 Å². The Bertz CT molecular complexity index is 807. The highest BCUT2D eigenvalue weighted by Gasteiger charge is 2.16. The van der Waals surface area contributed by atoms with Gasteiger partial charge in [0, 0.05) is 6.07 Å². The van der Waals surface area contributed by atoms with Crippen LogP contribution >= 0.6 is 0 Å². The number of anilines is 1. The summed E-state index contributed by atoms with van der Waals surface area (Å²) < 4.78 is 15.0. The molecule has 0 fully saturated rings. The lowest BCUT2D eigenvalue weighted by Gasteiger charge is -2.10. The summed E-state index contributed by atoms with van der Waals surface area (Å²) >= 11 is 0. The molecule has 9 heteroatoms. The van der Waals surface area contributed by atoms with Crippen LogP contribution < -0.4 is 14.8 Å². The molecule has 0 atom stereocenters. The number of rotatable bonds is 8. The maximum Gasteiger partial charge on any atom is 0.344 e. The van der Waals surface area contributed by atoms with E-state index < -0.39 is 30.0 Å². The number of para-hydroxylation sites is 4. The Morgan fingerprint density at radius 2 is 1.69 bits per heavy atom. The van der Waals surface area contributed by atoms with Crippen molar-refractivity contribution in [3.63, 3.8) is 0 Å². The predicted molar refractivity (Wildman–Crippen MR) is 91.2 cm³/mol. The Morgan fingerprint density at radius 1 is 1.04 bits per heavy atom. The monoisotopic (exact) mass is 360 g/mol. The number of hydrogen-bond acceptors (Lipinski definition) is 7. The predicted octanol–water partition coefficient (Wildman–Crippen LogP) is 2.16. The summed E-state index contributed by atoms with van der Waals surface area (Å²) in [6.07, 6.45) is 0. The second-order valence-corrected chi connectivity index (χ2v) is 4.92. The molecule has 1 N–H and O–H groups in total. The average Bonchev–Trinajstić information content (AvgIpc) is 2.65. The first-order chi connectivity index (χ1) is 12.5. The fraction of sp³-hybridized carbons (Fsp3) is 0.176. The summed E-state index contributed by atoms with van der Waals surface area (Å²) in [5.41, 5.74) is 0.168. The number of hydrogen-bond donors (Lipinski definition) is 1. The normalized spacial score (nSPS) is 9.88. The van der Waals surface area contributed by atoms with Crippen LogP contribution in [-0.2, 0) is 14.3 Å². The minimum Gasteiger partial charge on any atom is -0.495 e. The van der Waals surface area contributed by atoms with Crippen LogP contribution in [0.3, 0.4) is 0 Å². The van der Waals surface area contributed by atoms with Crippen molar-refractivity contribution in [2.45, 2.75) is 0 Å². The maximum atomic E-state index is 11.8. The molecular weight excluding hydrogens is 344 g/mol. The Labute approximate surface area is 148 Å². The second kappa shape index (κ2) is 9.02. The molecule has 0 aliphatic rings. The minimum absolute atomic E-state index is 0.0621. The highest BCUT2D eigenvalue weighted by molar-refractivity contribution is 5.94. The zero-order valence-corrected chi connectivity index (χ0v) is 13.8. The number of carbonyl (C=O) groups excluding carboxylic acids is 2. The van der Waals surface area contributed by atoms with Crippen molar-refractivity contribution in [2.24, 2.45) is 0 Å². The van der Waals surface area contributed by atoms with Crippen molar-refractivity contribution >= 4 is 23.3 Å². The third-order valence-electron chi connectivity index (χ3n) is 3.15. The van der Waals surface area contributed by atoms with E-state index in [1.165, 1.54) is 31.4 Å². The molecule has 2 aromatic carbocycles. The van der Waals surface area contributed by atoms with Gasteiger partial charge < -0.3 is 19.5 Å². The third kappa shape index (κ3) is 5.20. The molecular formula is C17H16N2O7. The molecule has 0 bridgehead atoms. The van der Waals surface area contributed by atoms with Crippen LogP contribution in [0.2, 0.25) is 0 Å². The van der Waals surface area contributed by atoms with Crippen LogP contribution in [-0.4, -0.2) is 37.1 Å². The molecule has 9 nitrogen and oxygen atoms in total. The summed E-state index contributed by atoms with van der Waals surface area (Å²) in [6, 6.07) is 12.4. The van der Waals surface area contributed by atoms with Crippen molar-refractivity contribution in [1.29, 1.82) is 0 Å². The van der Waals surface area contributed by atoms with Crippen LogP contribution in [0.4, 0.5) is 11.4 Å². The van der Waals surface area contributed by atoms with Crippen molar-refractivity contribution in [1.82, 2.24) is 0 Å². The molecule has 1 amide bonds. The fourth-order valence-electron chi connectivity index (χ4n) is 1.99. The lowest BCUT2D eigenvalue weighted by molar-refractivity contribution is -0.385. The van der Waals surface area contributed by atoms with Crippen LogP contribution in [0.1, 0.15) is 0 Å². The number of nitrogens with one attached hydrogen (secondary N) is 1. The zero-order chi connectivity index (χ0) is 18.9. The summed E-state index contributed by atoms with van der Waals surface area (Å²) in [6.45, 7) is -1.09. The van der Waals surface area contributed by atoms with Gasteiger partial charge in [0.2, 0.25) is 0 Å². The fourth-order valence-corrected chi connectivity index (χ4v) is 1.99. The first kappa shape index (κ1) is 18.7. The van der Waals surface area contributed by atoms with E-state index in [4.69, 9.17) is 14.2 Å². The lowest BCUT2D eigenvalue weighted by Crippen LogP contribution is -2.24. The largest absolute Gasteiger partial charge is 0.495 e. The number of benzene rings is 2. The molecule has 0 heterocycles. The van der Waals surface area contributed by atoms with Crippen molar-refractivity contribution in [3.8, 4) is 11.5 Å². The van der Waals surface area contributed by atoms with Crippen molar-refractivity contribution in [3.05, 3.63) is 58.6 Å². The molecule has 0 spiro atoms. The number of ether oxygens (including phenoxy) is 3. The van der Waals surface area contributed by atoms with E-state index in [9.17, 15) is 19.7 Å². The van der Waals surface area contributed by atoms with Gasteiger partial charge in [-0.25, -0.2) is 4.79 Å². The van der Waals surface area contributed by atoms with Gasteiger partial charge in [-0.15, -0.1) is 0 Å². The van der Waals surface area contributed by atoms with E-state index >= 15 is 0 Å². The van der Waals surface area contributed by atoms with Gasteiger partial charge >= 0.3 is 11.7 Å². The number of carbonyl (C=O) groups is 2. The molecule has 0 radical (unpaired) electrons. The van der Waals surface area contributed by atoms with Gasteiger partial charge in [0.05, 0.1) is 17.7 Å². The van der Waals surface area contributed by atoms with E-state index in [-0.39, 0.29) is 11.4 Å². The Kier molecular flexibility index (Phi) is 6.49. The van der Waals surface area contributed by atoms with E-state index in [2.05, 4.69) is 5.32 Å². The summed E-state index contributed by atoms with van der Waals surface area (Å²) in [5.74, 6) is -0.994. The van der Waals surface area contributed by atoms with Crippen LogP contribution in [0.15, 0.2) is 48.5 Å². The molecule has 0 saturated heterocycles. The average molecular weight is 360 g/mol. The lowest BCUT2D eigenvalue weighted by atomic mass is 10.3. The summed E-state index contributed by atoms with van der Waals surface area (Å²) in [5, 5.41) is 13.4. The van der Waals surface area contributed by atoms with Gasteiger partial charge in [0.15, 0.2) is 19.0 Å². The minimum atomic E-state index is -0.835. The first-order valence-corrected chi connectivity index (χ1v) is 7.46. The Balaban J connectivity index is 1.82. The summed E-state index contributed by atoms with van der Waals surface area (Å²) in [4.78, 5) is 33.7. The van der Waals surface area contributed by atoms with Gasteiger partial charge in [-0.3, -0.25) is 14.9 Å². The molecule has 2 rings (SSSR count). The Hall–Kier alpha value is -3.62. The molecule has 136 valence electrons. The quantitative estimate of drug-likeness (QED) is 0.435. The zero-order valence-electron chi connectivity index (χ0n) is 13.8. The summed E-state index contributed by atoms with van der Waals surface area (Å²) in [7, 11) is 1.46. The van der Waals surface area contributed by atoms with Gasteiger partial charge in [-0.2, -0.15) is 0 Å². The molecule has 26 heavy (non-hydrogen) atoms. The molecule has 0 aromatic heterocycles. The SMILES string of the molecule is COc1ccccc1NC(=O)COC(=O)COc1ccccc1[N+](=O)[O-]. The number of methoxy groups -OCH3 is 1. The van der Waals surface area contributed by atoms with Gasteiger partial charge in [0.25, 0.3) is 5.91 Å². The van der Waals surface area contributed by atoms with Crippen molar-refractivity contribution in [2.75, 3.05) is 25.6 Å². The van der Waals surface area contributed by atoms with Gasteiger partial charge in [-0.1, -0.05) is 24.3 Å². The second-order valence-electron chi connectivity index (χ2n) is 4.92. The maximum absolute atomic E-state index is 11.8. The standard InChI is InChI=1S/C17H16N2O7/c1-24-14-8-4-2-6-12(14)18-16(20)10-26-17(21)11-25-15-9-5-3-7-13(15)19(22)23/h2-9H,10-11H2,1H3,(H,18,20). The molecule has 0 aliphatic heterocycles. The van der Waals surface area contributed by atoms with Gasteiger partial charge in [0.1, 0.15) is 5.75 Å². The van der Waals surface area contributed by atoms with Crippen LogP contribution in [0.5, 0.6) is 11.5 Å².